The first kappa shape index (κ1) is 27.0. The van der Waals surface area contributed by atoms with E-state index in [-0.39, 0.29) is 24.1 Å². The number of thiophene rings is 1. The molecular weight excluding hydrogens is 520 g/mol. The van der Waals surface area contributed by atoms with E-state index in [2.05, 4.69) is 4.98 Å². The Morgan fingerprint density at radius 3 is 2.54 bits per heavy atom. The van der Waals surface area contributed by atoms with Crippen molar-refractivity contribution >= 4 is 27.5 Å². The van der Waals surface area contributed by atoms with Crippen LogP contribution in [-0.2, 0) is 21.6 Å². The van der Waals surface area contributed by atoms with Gasteiger partial charge in [0.15, 0.2) is 0 Å². The van der Waals surface area contributed by atoms with E-state index in [1.54, 1.807) is 6.92 Å². The van der Waals surface area contributed by atoms with Gasteiger partial charge in [-0.2, -0.15) is 0 Å². The van der Waals surface area contributed by atoms with Crippen LogP contribution in [0.3, 0.4) is 0 Å². The fraction of sp³-hybridized carbons (Fsp3) is 0.429. The lowest BCUT2D eigenvalue weighted by Gasteiger charge is -2.31. The van der Waals surface area contributed by atoms with Crippen LogP contribution in [0.15, 0.2) is 56.8 Å². The van der Waals surface area contributed by atoms with Crippen molar-refractivity contribution in [2.24, 2.45) is 5.73 Å². The van der Waals surface area contributed by atoms with Crippen molar-refractivity contribution in [3.05, 3.63) is 74.8 Å². The Kier molecular flexibility index (Phi) is 7.32. The number of aryl methyl sites for hydroxylation is 1. The maximum Gasteiger partial charge on any atom is 0.333 e. The van der Waals surface area contributed by atoms with Crippen molar-refractivity contribution in [1.82, 2.24) is 14.1 Å². The van der Waals surface area contributed by atoms with E-state index in [9.17, 15) is 19.5 Å². The van der Waals surface area contributed by atoms with Gasteiger partial charge in [-0.25, -0.2) is 19.1 Å². The maximum atomic E-state index is 14.0. The zero-order valence-corrected chi connectivity index (χ0v) is 22.9. The summed E-state index contributed by atoms with van der Waals surface area (Å²) in [5.41, 5.74) is 4.39. The lowest BCUT2D eigenvalue weighted by atomic mass is 9.93. The summed E-state index contributed by atoms with van der Waals surface area (Å²) in [7, 11) is 0. The third kappa shape index (κ3) is 4.97. The molecule has 1 aliphatic carbocycles. The predicted molar refractivity (Wildman–Crippen MR) is 148 cm³/mol. The molecule has 3 N–H and O–H groups in total. The number of carbonyl (C=O) groups is 1. The number of hydrogen-bond donors (Lipinski definition) is 2. The molecule has 1 unspecified atom stereocenters. The average Bonchev–Trinajstić information content (AvgIpc) is 3.55. The first-order valence-corrected chi connectivity index (χ1v) is 13.8. The summed E-state index contributed by atoms with van der Waals surface area (Å²) in [6, 6.07) is 9.77. The summed E-state index contributed by atoms with van der Waals surface area (Å²) < 4.78 is 14.4. The fourth-order valence-corrected chi connectivity index (χ4v) is 6.40. The van der Waals surface area contributed by atoms with E-state index >= 15 is 0 Å². The van der Waals surface area contributed by atoms with Crippen molar-refractivity contribution in [3.63, 3.8) is 0 Å². The number of aromatic nitrogens is 3. The largest absolute Gasteiger partial charge is 0.480 e. The molecule has 0 radical (unpaired) electrons. The molecule has 0 aliphatic heterocycles. The lowest BCUT2D eigenvalue weighted by molar-refractivity contribution is -0.146. The molecule has 206 valence electrons. The van der Waals surface area contributed by atoms with Crippen molar-refractivity contribution in [2.45, 2.75) is 76.8 Å². The second kappa shape index (κ2) is 10.6. The number of carboxylic acids is 1. The van der Waals surface area contributed by atoms with Gasteiger partial charge in [-0.3, -0.25) is 9.36 Å². The highest BCUT2D eigenvalue weighted by Gasteiger charge is 2.36. The van der Waals surface area contributed by atoms with E-state index in [0.717, 1.165) is 35.8 Å². The van der Waals surface area contributed by atoms with E-state index in [0.29, 0.717) is 21.2 Å². The molecule has 0 amide bonds. The quantitative estimate of drug-likeness (QED) is 0.334. The highest BCUT2D eigenvalue weighted by Crippen LogP contribution is 2.37. The van der Waals surface area contributed by atoms with Gasteiger partial charge in [0.2, 0.25) is 5.89 Å². The summed E-state index contributed by atoms with van der Waals surface area (Å²) in [6.45, 7) is 4.54. The van der Waals surface area contributed by atoms with Gasteiger partial charge in [0, 0.05) is 6.04 Å². The number of oxazole rings is 1. The molecule has 10 nitrogen and oxygen atoms in total. The number of nitrogens with two attached hydrogens (primary N) is 1. The number of rotatable bonds is 8. The molecular formula is C28H32N4O6S. The van der Waals surface area contributed by atoms with Gasteiger partial charge in [-0.15, -0.1) is 11.3 Å². The standard InChI is InChI=1S/C28H32N4O6S/c1-16-21-24(33)32(28(2,3)26(34)35)27(36)31(25(21)39-22(16)23-30-13-14-37-23)15-20(17-7-5-4-6-8-17)38-19-11-9-18(29)10-12-19/h4-8,13-14,18-20H,9-12,15,29H2,1-3H3,(H,34,35). The van der Waals surface area contributed by atoms with Gasteiger partial charge < -0.3 is 20.0 Å². The monoisotopic (exact) mass is 552 g/mol. The van der Waals surface area contributed by atoms with Crippen LogP contribution < -0.4 is 17.0 Å². The minimum absolute atomic E-state index is 0.0319. The Morgan fingerprint density at radius 2 is 1.92 bits per heavy atom. The van der Waals surface area contributed by atoms with Gasteiger partial charge in [0.05, 0.1) is 29.1 Å². The maximum absolute atomic E-state index is 14.0. The minimum Gasteiger partial charge on any atom is -0.480 e. The molecule has 1 aromatic carbocycles. The lowest BCUT2D eigenvalue weighted by Crippen LogP contribution is -2.52. The second-order valence-corrected chi connectivity index (χ2v) is 11.5. The molecule has 0 bridgehead atoms. The first-order valence-electron chi connectivity index (χ1n) is 13.0. The summed E-state index contributed by atoms with van der Waals surface area (Å²) in [5, 5.41) is 10.2. The average molecular weight is 553 g/mol. The fourth-order valence-electron chi connectivity index (χ4n) is 5.15. The second-order valence-electron chi connectivity index (χ2n) is 10.5. The molecule has 1 aliphatic rings. The van der Waals surface area contributed by atoms with Crippen LogP contribution >= 0.6 is 11.3 Å². The van der Waals surface area contributed by atoms with Crippen molar-refractivity contribution in [3.8, 4) is 10.8 Å². The molecule has 0 saturated heterocycles. The molecule has 1 saturated carbocycles. The van der Waals surface area contributed by atoms with Crippen molar-refractivity contribution < 1.29 is 19.1 Å². The zero-order valence-electron chi connectivity index (χ0n) is 22.1. The molecule has 1 atom stereocenters. The van der Waals surface area contributed by atoms with E-state index in [1.165, 1.54) is 42.2 Å². The summed E-state index contributed by atoms with van der Waals surface area (Å²) in [6.07, 6.45) is 5.74. The topological polar surface area (TPSA) is 143 Å². The van der Waals surface area contributed by atoms with Crippen LogP contribution in [0.1, 0.15) is 56.8 Å². The van der Waals surface area contributed by atoms with E-state index in [4.69, 9.17) is 14.9 Å². The number of ether oxygens (including phenoxy) is 1. The van der Waals surface area contributed by atoms with Crippen LogP contribution in [0.4, 0.5) is 0 Å². The van der Waals surface area contributed by atoms with Gasteiger partial charge in [0.25, 0.3) is 5.56 Å². The molecule has 3 aromatic heterocycles. The van der Waals surface area contributed by atoms with Crippen LogP contribution in [0, 0.1) is 6.92 Å². The normalized spacial score (nSPS) is 18.9. The third-order valence-corrected chi connectivity index (χ3v) is 8.82. The number of benzene rings is 1. The summed E-state index contributed by atoms with van der Waals surface area (Å²) >= 11 is 1.22. The molecule has 39 heavy (non-hydrogen) atoms. The Labute approximate surface area is 228 Å². The molecule has 3 heterocycles. The molecule has 4 aromatic rings. The highest BCUT2D eigenvalue weighted by molar-refractivity contribution is 7.22. The number of fused-ring (bicyclic) bond motifs is 1. The van der Waals surface area contributed by atoms with Gasteiger partial charge in [-0.1, -0.05) is 30.3 Å². The van der Waals surface area contributed by atoms with Crippen molar-refractivity contribution in [1.29, 1.82) is 0 Å². The Balaban J connectivity index is 1.71. The van der Waals surface area contributed by atoms with Crippen LogP contribution in [0.5, 0.6) is 0 Å². The van der Waals surface area contributed by atoms with E-state index in [1.807, 2.05) is 30.3 Å². The highest BCUT2D eigenvalue weighted by atomic mass is 32.1. The Hall–Kier alpha value is -3.54. The number of hydrogen-bond acceptors (Lipinski definition) is 8. The Morgan fingerprint density at radius 1 is 1.23 bits per heavy atom. The van der Waals surface area contributed by atoms with Crippen LogP contribution in [-0.4, -0.2) is 37.3 Å². The number of carboxylic acid groups (broad SMARTS) is 1. The Bertz CT molecular complexity index is 1590. The minimum atomic E-state index is -1.79. The van der Waals surface area contributed by atoms with Crippen LogP contribution in [0.25, 0.3) is 21.0 Å². The molecule has 5 rings (SSSR count). The van der Waals surface area contributed by atoms with Crippen LogP contribution in [0.2, 0.25) is 0 Å². The van der Waals surface area contributed by atoms with E-state index < -0.39 is 28.9 Å². The first-order chi connectivity index (χ1) is 18.6. The SMILES string of the molecule is Cc1c(-c2ncco2)sc2c1c(=O)n(C(C)(C)C(=O)O)c(=O)n2CC(OC1CCC(N)CC1)c1ccccc1. The summed E-state index contributed by atoms with van der Waals surface area (Å²) in [5.74, 6) is -0.964. The summed E-state index contributed by atoms with van der Waals surface area (Å²) in [4.78, 5) is 45.3. The van der Waals surface area contributed by atoms with Crippen molar-refractivity contribution in [2.75, 3.05) is 0 Å². The van der Waals surface area contributed by atoms with Gasteiger partial charge >= 0.3 is 11.7 Å². The van der Waals surface area contributed by atoms with Gasteiger partial charge in [0.1, 0.15) is 22.7 Å². The molecule has 1 fully saturated rings. The van der Waals surface area contributed by atoms with Gasteiger partial charge in [-0.05, 0) is 57.6 Å². The number of aliphatic carboxylic acids is 1. The molecule has 11 heteroatoms. The smallest absolute Gasteiger partial charge is 0.333 e. The zero-order chi connectivity index (χ0) is 27.9. The third-order valence-electron chi connectivity index (χ3n) is 7.52. The predicted octanol–water partition coefficient (Wildman–Crippen LogP) is 4.04. The molecule has 0 spiro atoms. The number of nitrogens with zero attached hydrogens (tertiary/aromatic N) is 3.